The third-order valence-electron chi connectivity index (χ3n) is 5.14. The molecule has 0 bridgehead atoms. The van der Waals surface area contributed by atoms with Gasteiger partial charge in [-0.05, 0) is 37.1 Å². The smallest absolute Gasteiger partial charge is 0.242 e. The first-order chi connectivity index (χ1) is 15.8. The molecule has 9 heteroatoms. The van der Waals surface area contributed by atoms with Crippen molar-refractivity contribution in [1.29, 1.82) is 0 Å². The van der Waals surface area contributed by atoms with Crippen molar-refractivity contribution in [2.45, 2.75) is 51.4 Å². The van der Waals surface area contributed by atoms with Crippen LogP contribution in [-0.4, -0.2) is 35.1 Å². The van der Waals surface area contributed by atoms with Crippen molar-refractivity contribution < 1.29 is 14.0 Å². The quantitative estimate of drug-likeness (QED) is 0.307. The van der Waals surface area contributed by atoms with Gasteiger partial charge in [-0.1, -0.05) is 67.2 Å². The Kier molecular flexibility index (Phi) is 11.8. The molecule has 0 aromatic heterocycles. The van der Waals surface area contributed by atoms with E-state index in [1.165, 1.54) is 28.8 Å². The van der Waals surface area contributed by atoms with Gasteiger partial charge in [0.05, 0.1) is 5.75 Å². The molecule has 0 aliphatic rings. The Bertz CT molecular complexity index is 921. The lowest BCUT2D eigenvalue weighted by Gasteiger charge is -2.31. The van der Waals surface area contributed by atoms with Gasteiger partial charge < -0.3 is 10.2 Å². The van der Waals surface area contributed by atoms with Gasteiger partial charge in [0.2, 0.25) is 11.8 Å². The van der Waals surface area contributed by atoms with E-state index >= 15 is 0 Å². The summed E-state index contributed by atoms with van der Waals surface area (Å²) in [7, 11) is 0. The highest BCUT2D eigenvalue weighted by atomic mass is 35.5. The second-order valence-corrected chi connectivity index (χ2v) is 9.69. The van der Waals surface area contributed by atoms with Crippen molar-refractivity contribution >= 4 is 58.4 Å². The predicted molar refractivity (Wildman–Crippen MR) is 137 cm³/mol. The molecule has 0 saturated carbocycles. The van der Waals surface area contributed by atoms with Crippen LogP contribution in [0.15, 0.2) is 36.4 Å². The van der Waals surface area contributed by atoms with E-state index in [-0.39, 0.29) is 29.9 Å². The number of nitrogens with one attached hydrogen (secondary N) is 1. The highest BCUT2D eigenvalue weighted by Gasteiger charge is 2.29. The lowest BCUT2D eigenvalue weighted by Crippen LogP contribution is -2.49. The molecule has 0 heterocycles. The average Bonchev–Trinajstić information content (AvgIpc) is 2.77. The molecule has 180 valence electrons. The summed E-state index contributed by atoms with van der Waals surface area (Å²) in [5.41, 5.74) is 0.929. The van der Waals surface area contributed by atoms with Gasteiger partial charge in [0.25, 0.3) is 0 Å². The van der Waals surface area contributed by atoms with E-state index in [0.29, 0.717) is 39.2 Å². The molecule has 0 spiro atoms. The Morgan fingerprint density at radius 3 is 2.21 bits per heavy atom. The van der Waals surface area contributed by atoms with Crippen molar-refractivity contribution in [3.05, 3.63) is 68.4 Å². The number of amides is 2. The minimum Gasteiger partial charge on any atom is -0.354 e. The summed E-state index contributed by atoms with van der Waals surface area (Å²) in [6.07, 6.45) is 2.23. The maximum Gasteiger partial charge on any atom is 0.242 e. The first-order valence-corrected chi connectivity index (χ1v) is 13.1. The van der Waals surface area contributed by atoms with Crippen molar-refractivity contribution in [2.75, 3.05) is 12.3 Å². The van der Waals surface area contributed by atoms with Crippen molar-refractivity contribution in [3.8, 4) is 0 Å². The number of carbonyl (C=O) groups is 2. The van der Waals surface area contributed by atoms with Gasteiger partial charge in [0.15, 0.2) is 0 Å². The van der Waals surface area contributed by atoms with E-state index in [1.807, 2.05) is 13.8 Å². The van der Waals surface area contributed by atoms with Crippen molar-refractivity contribution in [3.63, 3.8) is 0 Å². The van der Waals surface area contributed by atoms with Crippen LogP contribution in [0.5, 0.6) is 0 Å². The van der Waals surface area contributed by atoms with E-state index in [9.17, 15) is 14.0 Å². The number of rotatable bonds is 12. The molecule has 1 atom stereocenters. The molecule has 4 nitrogen and oxygen atoms in total. The molecule has 2 amide bonds. The average molecular weight is 534 g/mol. The zero-order valence-corrected chi connectivity index (χ0v) is 21.8. The minimum atomic E-state index is -0.681. The van der Waals surface area contributed by atoms with Gasteiger partial charge in [0, 0.05) is 45.0 Å². The van der Waals surface area contributed by atoms with Gasteiger partial charge in [-0.25, -0.2) is 4.39 Å². The highest BCUT2D eigenvalue weighted by molar-refractivity contribution is 7.99. The maximum atomic E-state index is 14.1. The van der Waals surface area contributed by atoms with Gasteiger partial charge in [-0.2, -0.15) is 0 Å². The van der Waals surface area contributed by atoms with Crippen LogP contribution in [0.3, 0.4) is 0 Å². The molecule has 0 saturated heterocycles. The third-order valence-corrected chi connectivity index (χ3v) is 7.15. The third kappa shape index (κ3) is 8.06. The van der Waals surface area contributed by atoms with E-state index < -0.39 is 11.9 Å². The van der Waals surface area contributed by atoms with Crippen LogP contribution in [0.2, 0.25) is 15.1 Å². The number of benzene rings is 2. The molecule has 0 aliphatic carbocycles. The Morgan fingerprint density at radius 1 is 1.03 bits per heavy atom. The lowest BCUT2D eigenvalue weighted by atomic mass is 10.1. The number of unbranched alkanes of at least 4 members (excludes halogenated alkanes) is 1. The molecule has 0 radical (unpaired) electrons. The Morgan fingerprint density at radius 2 is 1.64 bits per heavy atom. The fraction of sp³-hybridized carbons (Fsp3) is 0.417. The Hall–Kier alpha value is -1.47. The summed E-state index contributed by atoms with van der Waals surface area (Å²) < 4.78 is 14.1. The van der Waals surface area contributed by atoms with Crippen molar-refractivity contribution in [2.24, 2.45) is 0 Å². The summed E-state index contributed by atoms with van der Waals surface area (Å²) in [5, 5.41) is 4.07. The highest BCUT2D eigenvalue weighted by Crippen LogP contribution is 2.28. The second kappa shape index (κ2) is 14.1. The number of halogens is 4. The molecule has 0 fully saturated rings. The topological polar surface area (TPSA) is 49.4 Å². The summed E-state index contributed by atoms with van der Waals surface area (Å²) in [6.45, 7) is 4.53. The van der Waals surface area contributed by atoms with Gasteiger partial charge in [-0.15, -0.1) is 11.8 Å². The summed E-state index contributed by atoms with van der Waals surface area (Å²) >= 11 is 20.0. The van der Waals surface area contributed by atoms with Crippen LogP contribution in [0.25, 0.3) is 0 Å². The Balaban J connectivity index is 2.21. The fourth-order valence-electron chi connectivity index (χ4n) is 3.27. The molecule has 33 heavy (non-hydrogen) atoms. The standard InChI is InChI=1S/C24H28Cl3FN2O2S/c1-3-5-12-29-24(32)22(4-2)30(13-16-18(25)8-6-9-19(16)26)23(31)15-33-14-17-20(27)10-7-11-21(17)28/h6-11,22H,3-5,12-15H2,1-2H3,(H,29,32)/t22-/m0/s1. The minimum absolute atomic E-state index is 0.0471. The molecular weight excluding hydrogens is 506 g/mol. The van der Waals surface area contributed by atoms with Crippen LogP contribution in [-0.2, 0) is 21.9 Å². The molecule has 0 aliphatic heterocycles. The lowest BCUT2D eigenvalue weighted by molar-refractivity contribution is -0.139. The summed E-state index contributed by atoms with van der Waals surface area (Å²) in [6, 6.07) is 8.92. The monoisotopic (exact) mass is 532 g/mol. The number of hydrogen-bond donors (Lipinski definition) is 1. The van der Waals surface area contributed by atoms with Gasteiger partial charge in [-0.3, -0.25) is 9.59 Å². The van der Waals surface area contributed by atoms with Crippen LogP contribution in [0.1, 0.15) is 44.2 Å². The van der Waals surface area contributed by atoms with E-state index in [2.05, 4.69) is 5.32 Å². The SMILES string of the molecule is CCCCNC(=O)[C@H](CC)N(Cc1c(Cl)cccc1Cl)C(=O)CSCc1c(F)cccc1Cl. The summed E-state index contributed by atoms with van der Waals surface area (Å²) in [4.78, 5) is 27.7. The molecule has 0 unspecified atom stereocenters. The van der Waals surface area contributed by atoms with E-state index in [1.54, 1.807) is 24.3 Å². The number of carbonyl (C=O) groups excluding carboxylic acids is 2. The second-order valence-electron chi connectivity index (χ2n) is 7.48. The van der Waals surface area contributed by atoms with Crippen LogP contribution < -0.4 is 5.32 Å². The zero-order valence-electron chi connectivity index (χ0n) is 18.7. The fourth-order valence-corrected chi connectivity index (χ4v) is 5.04. The molecule has 2 aromatic rings. The Labute approximate surface area is 214 Å². The normalized spacial score (nSPS) is 11.8. The largest absolute Gasteiger partial charge is 0.354 e. The molecule has 2 rings (SSSR count). The van der Waals surface area contributed by atoms with Crippen molar-refractivity contribution in [1.82, 2.24) is 10.2 Å². The molecular formula is C24H28Cl3FN2O2S. The summed E-state index contributed by atoms with van der Waals surface area (Å²) in [5.74, 6) is -0.613. The predicted octanol–water partition coefficient (Wildman–Crippen LogP) is 6.74. The number of hydrogen-bond acceptors (Lipinski definition) is 3. The zero-order chi connectivity index (χ0) is 24.4. The van der Waals surface area contributed by atoms with E-state index in [4.69, 9.17) is 34.8 Å². The van der Waals surface area contributed by atoms with Crippen LogP contribution in [0, 0.1) is 5.82 Å². The molecule has 2 aromatic carbocycles. The van der Waals surface area contributed by atoms with Crippen LogP contribution in [0.4, 0.5) is 4.39 Å². The molecule has 1 N–H and O–H groups in total. The van der Waals surface area contributed by atoms with Gasteiger partial charge in [0.1, 0.15) is 11.9 Å². The number of thioether (sulfide) groups is 1. The number of nitrogens with zero attached hydrogens (tertiary/aromatic N) is 1. The van der Waals surface area contributed by atoms with E-state index in [0.717, 1.165) is 12.8 Å². The van der Waals surface area contributed by atoms with Gasteiger partial charge >= 0.3 is 0 Å². The first-order valence-electron chi connectivity index (χ1n) is 10.8. The van der Waals surface area contributed by atoms with Crippen LogP contribution >= 0.6 is 46.6 Å². The first kappa shape index (κ1) is 27.8. The maximum absolute atomic E-state index is 14.1.